The van der Waals surface area contributed by atoms with Crippen molar-refractivity contribution in [3.63, 3.8) is 0 Å². The average molecular weight is 633 g/mol. The molecule has 1 heterocycles. The molecule has 38 heavy (non-hydrogen) atoms. The summed E-state index contributed by atoms with van der Waals surface area (Å²) in [6, 6.07) is 31.2. The fourth-order valence-electron chi connectivity index (χ4n) is 6.54. The molecule has 1 aliphatic heterocycles. The van der Waals surface area contributed by atoms with E-state index < -0.39 is 27.4 Å². The molecule has 4 heteroatoms. The quantitative estimate of drug-likeness (QED) is 0.179. The molecular formula is C34H34Cl2SiZr. The van der Waals surface area contributed by atoms with Gasteiger partial charge in [-0.2, -0.15) is 0 Å². The van der Waals surface area contributed by atoms with Crippen molar-refractivity contribution >= 4 is 46.3 Å². The van der Waals surface area contributed by atoms with E-state index in [1.807, 2.05) is 0 Å². The van der Waals surface area contributed by atoms with Gasteiger partial charge >= 0.3 is 243 Å². The summed E-state index contributed by atoms with van der Waals surface area (Å²) in [5.41, 5.74) is 10.8. The molecule has 0 fully saturated rings. The second kappa shape index (κ2) is 9.74. The Morgan fingerprint density at radius 1 is 0.789 bits per heavy atom. The van der Waals surface area contributed by atoms with Crippen molar-refractivity contribution in [3.05, 3.63) is 107 Å². The Morgan fingerprint density at radius 3 is 2.18 bits per heavy atom. The molecule has 0 bridgehead atoms. The van der Waals surface area contributed by atoms with E-state index in [0.717, 1.165) is 0 Å². The summed E-state index contributed by atoms with van der Waals surface area (Å²) in [7, 11) is 15.1. The van der Waals surface area contributed by atoms with Gasteiger partial charge in [0, 0.05) is 0 Å². The number of allylic oxidation sites excluding steroid dienone is 1. The first-order valence-corrected chi connectivity index (χ1v) is 24.0. The summed E-state index contributed by atoms with van der Waals surface area (Å²) in [4.78, 5) is 0. The van der Waals surface area contributed by atoms with Crippen LogP contribution in [0, 0.1) is 5.92 Å². The van der Waals surface area contributed by atoms with Gasteiger partial charge in [0.1, 0.15) is 0 Å². The SMILES string of the molecule is CC(C)C1=Cc2c(ccc(C(C)(C)C)c2-c2ccccc2)[CH]1[Zr]([Cl])([Cl])[c]1cccc2c1[SiH2]c1ccccc1-2. The molecule has 0 N–H and O–H groups in total. The molecule has 1 unspecified atom stereocenters. The molecule has 0 saturated carbocycles. The Labute approximate surface area is 241 Å². The van der Waals surface area contributed by atoms with Crippen molar-refractivity contribution in [3.8, 4) is 22.3 Å². The van der Waals surface area contributed by atoms with Crippen LogP contribution in [0.25, 0.3) is 28.3 Å². The predicted octanol–water partition coefficient (Wildman–Crippen LogP) is 7.63. The minimum absolute atomic E-state index is 0.0179. The first-order valence-electron chi connectivity index (χ1n) is 13.6. The molecule has 0 spiro atoms. The summed E-state index contributed by atoms with van der Waals surface area (Å²) in [5.74, 6) is 0.369. The van der Waals surface area contributed by atoms with Gasteiger partial charge in [0.25, 0.3) is 0 Å². The van der Waals surface area contributed by atoms with Gasteiger partial charge in [-0.3, -0.25) is 0 Å². The number of hydrogen-bond acceptors (Lipinski definition) is 0. The second-order valence-corrected chi connectivity index (χ2v) is 28.0. The summed E-state index contributed by atoms with van der Waals surface area (Å²) >= 11 is -3.98. The summed E-state index contributed by atoms with van der Waals surface area (Å²) < 4.78 is 1.40. The Hall–Kier alpha value is -1.70. The van der Waals surface area contributed by atoms with Crippen molar-refractivity contribution in [2.45, 2.75) is 43.7 Å². The van der Waals surface area contributed by atoms with Crippen LogP contribution in [0.1, 0.15) is 54.9 Å². The van der Waals surface area contributed by atoms with Crippen LogP contribution in [0.4, 0.5) is 0 Å². The van der Waals surface area contributed by atoms with Crippen molar-refractivity contribution in [2.24, 2.45) is 5.92 Å². The van der Waals surface area contributed by atoms with Crippen LogP contribution in [-0.2, 0) is 23.3 Å². The molecule has 2 aliphatic rings. The molecule has 0 nitrogen and oxygen atoms in total. The maximum atomic E-state index is 7.85. The van der Waals surface area contributed by atoms with Crippen LogP contribution in [0.2, 0.25) is 0 Å². The zero-order chi connectivity index (χ0) is 26.8. The Morgan fingerprint density at radius 2 is 1.47 bits per heavy atom. The van der Waals surface area contributed by atoms with Gasteiger partial charge in [0.15, 0.2) is 0 Å². The third kappa shape index (κ3) is 4.28. The van der Waals surface area contributed by atoms with E-state index >= 15 is 0 Å². The fourth-order valence-corrected chi connectivity index (χ4v) is 23.6. The first-order chi connectivity index (χ1) is 18.1. The molecule has 6 rings (SSSR count). The van der Waals surface area contributed by atoms with Crippen LogP contribution >= 0.6 is 17.0 Å². The van der Waals surface area contributed by atoms with E-state index in [-0.39, 0.29) is 9.04 Å². The average Bonchev–Trinajstić information content (AvgIpc) is 3.47. The van der Waals surface area contributed by atoms with E-state index in [9.17, 15) is 0 Å². The van der Waals surface area contributed by atoms with Gasteiger partial charge in [-0.25, -0.2) is 0 Å². The van der Waals surface area contributed by atoms with Crippen LogP contribution < -0.4 is 13.6 Å². The van der Waals surface area contributed by atoms with Gasteiger partial charge in [-0.05, 0) is 0 Å². The van der Waals surface area contributed by atoms with Crippen LogP contribution in [0.15, 0.2) is 90.5 Å². The van der Waals surface area contributed by atoms with E-state index in [1.54, 1.807) is 0 Å². The summed E-state index contributed by atoms with van der Waals surface area (Å²) in [6.07, 6.45) is 2.45. The van der Waals surface area contributed by atoms with E-state index in [2.05, 4.69) is 126 Å². The Kier molecular flexibility index (Phi) is 6.80. The topological polar surface area (TPSA) is 0 Å². The van der Waals surface area contributed by atoms with E-state index in [1.165, 1.54) is 58.2 Å². The molecule has 0 aromatic heterocycles. The Balaban J connectivity index is 1.57. The normalized spacial score (nSPS) is 16.9. The molecule has 0 radical (unpaired) electrons. The molecule has 1 atom stereocenters. The predicted molar refractivity (Wildman–Crippen MR) is 167 cm³/mol. The van der Waals surface area contributed by atoms with Gasteiger partial charge in [-0.15, -0.1) is 0 Å². The number of benzene rings is 4. The van der Waals surface area contributed by atoms with Gasteiger partial charge in [0.2, 0.25) is 0 Å². The second-order valence-electron chi connectivity index (χ2n) is 12.1. The van der Waals surface area contributed by atoms with Crippen LogP contribution in [-0.4, -0.2) is 9.52 Å². The third-order valence-electron chi connectivity index (χ3n) is 8.34. The molecule has 1 aliphatic carbocycles. The number of rotatable bonds is 4. The monoisotopic (exact) mass is 630 g/mol. The standard InChI is InChI=1S/C22H25.C12H9Si.2ClH.Zr/c1-15(2)18-13-17-11-12-20(22(3,4)5)21(19(17)14-18)16-9-7-6-8-10-16;1-3-7-11-9(5-1)10-6-2-4-8-12(10)13-11;;;/h6-15H,1-5H3;1-7H,13H2;2*1H;/q;;;;+2/p-2. The third-order valence-corrected chi connectivity index (χ3v) is 22.6. The summed E-state index contributed by atoms with van der Waals surface area (Å²) in [6.45, 7) is 11.5. The number of hydrogen-bond donors (Lipinski definition) is 0. The fraction of sp³-hybridized carbons (Fsp3) is 0.235. The van der Waals surface area contributed by atoms with Crippen molar-refractivity contribution < 1.29 is 17.9 Å². The molecule has 0 saturated heterocycles. The minimum atomic E-state index is -3.98. The van der Waals surface area contributed by atoms with Gasteiger partial charge in [-0.1, -0.05) is 0 Å². The van der Waals surface area contributed by atoms with E-state index in [4.69, 9.17) is 17.0 Å². The summed E-state index contributed by atoms with van der Waals surface area (Å²) in [5, 5.41) is 3.00. The zero-order valence-corrected chi connectivity index (χ0v) is 28.2. The molecule has 192 valence electrons. The number of fused-ring (bicyclic) bond motifs is 4. The van der Waals surface area contributed by atoms with E-state index in [0.29, 0.717) is 5.92 Å². The molecular weight excluding hydrogens is 599 g/mol. The first kappa shape index (κ1) is 26.5. The van der Waals surface area contributed by atoms with Crippen molar-refractivity contribution in [2.75, 3.05) is 0 Å². The van der Waals surface area contributed by atoms with Gasteiger partial charge in [0.05, 0.1) is 0 Å². The van der Waals surface area contributed by atoms with Crippen LogP contribution in [0.5, 0.6) is 0 Å². The molecule has 4 aromatic rings. The van der Waals surface area contributed by atoms with Crippen LogP contribution in [0.3, 0.4) is 0 Å². The Bertz CT molecular complexity index is 1580. The molecule has 0 amide bonds. The zero-order valence-electron chi connectivity index (χ0n) is 22.8. The van der Waals surface area contributed by atoms with Crippen molar-refractivity contribution in [1.29, 1.82) is 0 Å². The van der Waals surface area contributed by atoms with Gasteiger partial charge < -0.3 is 0 Å². The van der Waals surface area contributed by atoms with Crippen molar-refractivity contribution in [1.82, 2.24) is 0 Å². The number of halogens is 2. The molecule has 4 aromatic carbocycles. The maximum absolute atomic E-state index is 7.85.